The monoisotopic (exact) mass is 366 g/mol. The van der Waals surface area contributed by atoms with Crippen LogP contribution in [-0.4, -0.2) is 37.3 Å². The summed E-state index contributed by atoms with van der Waals surface area (Å²) in [5.74, 6) is 0.501. The third-order valence-corrected chi connectivity index (χ3v) is 6.02. The quantitative estimate of drug-likeness (QED) is 0.470. The molecule has 0 aliphatic carbocycles. The Hall–Kier alpha value is -2.18. The molecule has 0 spiro atoms. The van der Waals surface area contributed by atoms with Crippen molar-refractivity contribution >= 4 is 21.4 Å². The van der Waals surface area contributed by atoms with Crippen molar-refractivity contribution in [2.24, 2.45) is 11.8 Å². The molecule has 1 aromatic carbocycles. The molecule has 1 aliphatic rings. The van der Waals surface area contributed by atoms with Gasteiger partial charge in [0.1, 0.15) is 5.69 Å². The number of anilines is 1. The largest absolute Gasteiger partial charge is 0.378 e. The summed E-state index contributed by atoms with van der Waals surface area (Å²) in [5, 5.41) is 22.7. The molecule has 0 saturated carbocycles. The van der Waals surface area contributed by atoms with E-state index >= 15 is 0 Å². The normalized spacial score (nSPS) is 21.5. The lowest BCUT2D eigenvalue weighted by atomic mass is 9.94. The van der Waals surface area contributed by atoms with Gasteiger partial charge in [0.15, 0.2) is 0 Å². The van der Waals surface area contributed by atoms with E-state index in [1.807, 2.05) is 19.9 Å². The molecule has 0 amide bonds. The lowest BCUT2D eigenvalue weighted by Crippen LogP contribution is -2.42. The number of nitro benzene ring substituents is 1. The van der Waals surface area contributed by atoms with Crippen LogP contribution in [0.25, 0.3) is 0 Å². The summed E-state index contributed by atoms with van der Waals surface area (Å²) in [5.41, 5.74) is -0.100. The van der Waals surface area contributed by atoms with Crippen molar-refractivity contribution in [1.82, 2.24) is 4.31 Å². The number of rotatable bonds is 6. The Morgan fingerprint density at radius 2 is 2.00 bits per heavy atom. The highest BCUT2D eigenvalue weighted by atomic mass is 32.2. The highest BCUT2D eigenvalue weighted by molar-refractivity contribution is 7.89. The molecule has 1 aliphatic heterocycles. The van der Waals surface area contributed by atoms with E-state index in [1.165, 1.54) is 16.4 Å². The highest BCUT2D eigenvalue weighted by Gasteiger charge is 2.33. The smallest absolute Gasteiger partial charge is 0.293 e. The van der Waals surface area contributed by atoms with Gasteiger partial charge in [-0.25, -0.2) is 8.42 Å². The van der Waals surface area contributed by atoms with Crippen molar-refractivity contribution in [3.05, 3.63) is 28.3 Å². The van der Waals surface area contributed by atoms with E-state index < -0.39 is 14.9 Å². The maximum Gasteiger partial charge on any atom is 0.293 e. The Kier molecular flexibility index (Phi) is 5.98. The standard InChI is InChI=1S/C16H22N4O4S/c1-12-8-13(2)11-19(10-12)25(23,24)14-4-5-15(18-7-3-6-17)16(9-14)20(21)22/h4-5,9,12-13,18H,3,7-8,10-11H2,1-2H3/t12-,13+. The number of hydrogen-bond acceptors (Lipinski definition) is 6. The van der Waals surface area contributed by atoms with Gasteiger partial charge in [0.2, 0.25) is 10.0 Å². The fourth-order valence-electron chi connectivity index (χ4n) is 3.18. The van der Waals surface area contributed by atoms with E-state index in [-0.39, 0.29) is 41.1 Å². The number of nitrogens with one attached hydrogen (secondary N) is 1. The Balaban J connectivity index is 2.33. The topological polar surface area (TPSA) is 116 Å². The molecule has 1 N–H and O–H groups in total. The van der Waals surface area contributed by atoms with Gasteiger partial charge in [0.05, 0.1) is 22.3 Å². The minimum atomic E-state index is -3.78. The van der Waals surface area contributed by atoms with Gasteiger partial charge < -0.3 is 5.32 Å². The summed E-state index contributed by atoms with van der Waals surface area (Å²) in [6.07, 6.45) is 1.16. The van der Waals surface area contributed by atoms with E-state index in [4.69, 9.17) is 5.26 Å². The number of nitro groups is 1. The molecule has 1 saturated heterocycles. The van der Waals surface area contributed by atoms with Crippen LogP contribution in [0.5, 0.6) is 0 Å². The van der Waals surface area contributed by atoms with Crippen LogP contribution in [0.4, 0.5) is 11.4 Å². The third kappa shape index (κ3) is 4.46. The molecule has 2 rings (SSSR count). The molecule has 1 aromatic rings. The summed E-state index contributed by atoms with van der Waals surface area (Å²) < 4.78 is 27.1. The van der Waals surface area contributed by atoms with Crippen LogP contribution in [-0.2, 0) is 10.0 Å². The highest BCUT2D eigenvalue weighted by Crippen LogP contribution is 2.31. The van der Waals surface area contributed by atoms with Crippen LogP contribution < -0.4 is 5.32 Å². The first-order valence-corrected chi connectivity index (χ1v) is 9.59. The molecule has 0 unspecified atom stereocenters. The Morgan fingerprint density at radius 1 is 1.36 bits per heavy atom. The molecule has 0 radical (unpaired) electrons. The lowest BCUT2D eigenvalue weighted by Gasteiger charge is -2.34. The van der Waals surface area contributed by atoms with Gasteiger partial charge in [-0.05, 0) is 30.4 Å². The molecule has 9 heteroatoms. The van der Waals surface area contributed by atoms with Crippen molar-refractivity contribution in [1.29, 1.82) is 5.26 Å². The molecule has 0 bridgehead atoms. The van der Waals surface area contributed by atoms with Crippen LogP contribution >= 0.6 is 0 Å². The maximum absolute atomic E-state index is 12.9. The number of nitrogens with zero attached hydrogens (tertiary/aromatic N) is 3. The summed E-state index contributed by atoms with van der Waals surface area (Å²) in [6, 6.07) is 5.79. The van der Waals surface area contributed by atoms with Crippen LogP contribution in [0.1, 0.15) is 26.7 Å². The van der Waals surface area contributed by atoms with E-state index in [1.54, 1.807) is 0 Å². The second-order valence-corrected chi connectivity index (χ2v) is 8.48. The summed E-state index contributed by atoms with van der Waals surface area (Å²) in [6.45, 7) is 5.10. The van der Waals surface area contributed by atoms with Crippen LogP contribution in [0.3, 0.4) is 0 Å². The van der Waals surface area contributed by atoms with E-state index in [9.17, 15) is 18.5 Å². The molecule has 8 nitrogen and oxygen atoms in total. The van der Waals surface area contributed by atoms with Gasteiger partial charge >= 0.3 is 0 Å². The van der Waals surface area contributed by atoms with Gasteiger partial charge in [-0.1, -0.05) is 13.8 Å². The minimum Gasteiger partial charge on any atom is -0.378 e. The van der Waals surface area contributed by atoms with Crippen LogP contribution in [0.15, 0.2) is 23.1 Å². The van der Waals surface area contributed by atoms with Crippen LogP contribution in [0, 0.1) is 33.3 Å². The molecular formula is C16H22N4O4S. The van der Waals surface area contributed by atoms with E-state index in [0.717, 1.165) is 12.5 Å². The Labute approximate surface area is 147 Å². The van der Waals surface area contributed by atoms with E-state index in [2.05, 4.69) is 5.32 Å². The van der Waals surface area contributed by atoms with E-state index in [0.29, 0.717) is 13.1 Å². The Bertz CT molecular complexity index is 778. The van der Waals surface area contributed by atoms with Crippen molar-refractivity contribution in [2.45, 2.75) is 31.6 Å². The number of hydrogen-bond donors (Lipinski definition) is 1. The second-order valence-electron chi connectivity index (χ2n) is 6.54. The SMILES string of the molecule is C[C@@H]1C[C@H](C)CN(S(=O)(=O)c2ccc(NCCC#N)c([N+](=O)[O-])c2)C1. The van der Waals surface area contributed by atoms with Gasteiger partial charge in [-0.2, -0.15) is 9.57 Å². The van der Waals surface area contributed by atoms with Gasteiger partial charge in [-0.3, -0.25) is 10.1 Å². The molecule has 0 aromatic heterocycles. The molecular weight excluding hydrogens is 344 g/mol. The summed E-state index contributed by atoms with van der Waals surface area (Å²) in [4.78, 5) is 10.6. The molecule has 1 fully saturated rings. The number of sulfonamides is 1. The first-order chi connectivity index (χ1) is 11.8. The first-order valence-electron chi connectivity index (χ1n) is 8.15. The number of benzene rings is 1. The van der Waals surface area contributed by atoms with Crippen molar-refractivity contribution in [3.8, 4) is 6.07 Å². The predicted octanol–water partition coefficient (Wildman–Crippen LogP) is 2.59. The molecule has 136 valence electrons. The maximum atomic E-state index is 12.9. The lowest BCUT2D eigenvalue weighted by molar-refractivity contribution is -0.384. The van der Waals surface area contributed by atoms with Gasteiger partial charge in [-0.15, -0.1) is 0 Å². The molecule has 1 heterocycles. The fourth-order valence-corrected chi connectivity index (χ4v) is 4.88. The zero-order valence-electron chi connectivity index (χ0n) is 14.3. The van der Waals surface area contributed by atoms with Gasteiger partial charge in [0.25, 0.3) is 5.69 Å². The average molecular weight is 366 g/mol. The van der Waals surface area contributed by atoms with Crippen molar-refractivity contribution in [2.75, 3.05) is 25.0 Å². The van der Waals surface area contributed by atoms with Crippen molar-refractivity contribution < 1.29 is 13.3 Å². The van der Waals surface area contributed by atoms with Crippen molar-refractivity contribution in [3.63, 3.8) is 0 Å². The second kappa shape index (κ2) is 7.80. The summed E-state index contributed by atoms with van der Waals surface area (Å²) in [7, 11) is -3.78. The third-order valence-electron chi connectivity index (χ3n) is 4.19. The molecule has 2 atom stereocenters. The predicted molar refractivity (Wildman–Crippen MR) is 93.5 cm³/mol. The zero-order chi connectivity index (χ0) is 18.6. The first kappa shape index (κ1) is 19.1. The fraction of sp³-hybridized carbons (Fsp3) is 0.562. The average Bonchev–Trinajstić information content (AvgIpc) is 2.54. The minimum absolute atomic E-state index is 0.0775. The van der Waals surface area contributed by atoms with Crippen LogP contribution in [0.2, 0.25) is 0 Å². The number of nitriles is 1. The van der Waals surface area contributed by atoms with Gasteiger partial charge in [0, 0.05) is 25.7 Å². The summed E-state index contributed by atoms with van der Waals surface area (Å²) >= 11 is 0. The zero-order valence-corrected chi connectivity index (χ0v) is 15.1. The Morgan fingerprint density at radius 3 is 2.56 bits per heavy atom. The number of piperidine rings is 1. The molecule has 25 heavy (non-hydrogen) atoms.